The first-order chi connectivity index (χ1) is 8.31. The van der Waals surface area contributed by atoms with Crippen LogP contribution < -0.4 is 5.32 Å². The monoisotopic (exact) mass is 259 g/mol. The zero-order valence-corrected chi connectivity index (χ0v) is 11.3. The lowest BCUT2D eigenvalue weighted by Gasteiger charge is -2.20. The molecule has 0 aromatic heterocycles. The van der Waals surface area contributed by atoms with Crippen molar-refractivity contribution in [1.82, 2.24) is 5.32 Å². The second-order valence-electron chi connectivity index (χ2n) is 5.23. The molecule has 1 heterocycles. The van der Waals surface area contributed by atoms with E-state index in [9.17, 15) is 9.59 Å². The normalized spacial score (nSPS) is 23.6. The summed E-state index contributed by atoms with van der Waals surface area (Å²) >= 11 is 0. The maximum Gasteiger partial charge on any atom is 0.407 e. The summed E-state index contributed by atoms with van der Waals surface area (Å²) in [5, 5.41) is 2.62. The SMILES string of the molecule is COC(=O)[C@@H]1CC[C@H](CNC(=O)OC(C)(C)C)O1. The van der Waals surface area contributed by atoms with Crippen LogP contribution in [0.3, 0.4) is 0 Å². The molecule has 0 saturated carbocycles. The molecule has 6 heteroatoms. The van der Waals surface area contributed by atoms with E-state index in [0.29, 0.717) is 13.0 Å². The Bertz CT molecular complexity index is 310. The van der Waals surface area contributed by atoms with Crippen molar-refractivity contribution < 1.29 is 23.8 Å². The molecule has 1 N–H and O–H groups in total. The van der Waals surface area contributed by atoms with Gasteiger partial charge in [-0.3, -0.25) is 0 Å². The second kappa shape index (κ2) is 6.04. The number of nitrogens with one attached hydrogen (secondary N) is 1. The highest BCUT2D eigenvalue weighted by Crippen LogP contribution is 2.20. The van der Waals surface area contributed by atoms with E-state index in [0.717, 1.165) is 6.42 Å². The molecule has 0 bridgehead atoms. The molecule has 1 aliphatic rings. The Kier molecular flexibility index (Phi) is 4.95. The third-order valence-electron chi connectivity index (χ3n) is 2.44. The third kappa shape index (κ3) is 4.91. The summed E-state index contributed by atoms with van der Waals surface area (Å²) in [4.78, 5) is 22.6. The number of rotatable bonds is 3. The van der Waals surface area contributed by atoms with Crippen molar-refractivity contribution >= 4 is 12.1 Å². The van der Waals surface area contributed by atoms with Gasteiger partial charge in [-0.15, -0.1) is 0 Å². The Labute approximate surface area is 107 Å². The fourth-order valence-corrected chi connectivity index (χ4v) is 1.67. The first kappa shape index (κ1) is 14.8. The van der Waals surface area contributed by atoms with E-state index in [-0.39, 0.29) is 12.1 Å². The highest BCUT2D eigenvalue weighted by Gasteiger charge is 2.31. The summed E-state index contributed by atoms with van der Waals surface area (Å²) in [6.45, 7) is 5.73. The van der Waals surface area contributed by atoms with Crippen molar-refractivity contribution in [2.24, 2.45) is 0 Å². The van der Waals surface area contributed by atoms with E-state index in [2.05, 4.69) is 10.1 Å². The number of ether oxygens (including phenoxy) is 3. The minimum Gasteiger partial charge on any atom is -0.467 e. The van der Waals surface area contributed by atoms with Crippen molar-refractivity contribution in [3.05, 3.63) is 0 Å². The smallest absolute Gasteiger partial charge is 0.407 e. The van der Waals surface area contributed by atoms with E-state index < -0.39 is 17.8 Å². The zero-order chi connectivity index (χ0) is 13.8. The van der Waals surface area contributed by atoms with Gasteiger partial charge in [0.2, 0.25) is 0 Å². The Balaban J connectivity index is 2.26. The molecule has 0 aromatic carbocycles. The number of hydrogen-bond donors (Lipinski definition) is 1. The standard InChI is InChI=1S/C12H21NO5/c1-12(2,3)18-11(15)13-7-8-5-6-9(17-8)10(14)16-4/h8-9H,5-7H2,1-4H3,(H,13,15)/t8-,9+/m1/s1. The lowest BCUT2D eigenvalue weighted by molar-refractivity contribution is -0.153. The molecule has 0 spiro atoms. The Hall–Kier alpha value is -1.30. The van der Waals surface area contributed by atoms with Gasteiger partial charge < -0.3 is 19.5 Å². The predicted molar refractivity (Wildman–Crippen MR) is 64.1 cm³/mol. The van der Waals surface area contributed by atoms with Crippen LogP contribution in [0.1, 0.15) is 33.6 Å². The fourth-order valence-electron chi connectivity index (χ4n) is 1.67. The summed E-state index contributed by atoms with van der Waals surface area (Å²) in [5.74, 6) is -0.366. The Morgan fingerprint density at radius 1 is 1.33 bits per heavy atom. The van der Waals surface area contributed by atoms with Crippen LogP contribution in [-0.2, 0) is 19.0 Å². The van der Waals surface area contributed by atoms with Gasteiger partial charge in [-0.05, 0) is 33.6 Å². The van der Waals surface area contributed by atoms with Crippen molar-refractivity contribution in [1.29, 1.82) is 0 Å². The minimum absolute atomic E-state index is 0.165. The maximum absolute atomic E-state index is 11.4. The van der Waals surface area contributed by atoms with Crippen molar-refractivity contribution in [2.75, 3.05) is 13.7 Å². The topological polar surface area (TPSA) is 73.9 Å². The van der Waals surface area contributed by atoms with Crippen molar-refractivity contribution in [3.8, 4) is 0 Å². The largest absolute Gasteiger partial charge is 0.467 e. The number of methoxy groups -OCH3 is 1. The molecule has 0 aliphatic carbocycles. The molecule has 1 amide bonds. The molecule has 0 radical (unpaired) electrons. The first-order valence-electron chi connectivity index (χ1n) is 6.02. The molecule has 2 atom stereocenters. The van der Waals surface area contributed by atoms with Gasteiger partial charge in [-0.25, -0.2) is 9.59 Å². The van der Waals surface area contributed by atoms with Crippen molar-refractivity contribution in [2.45, 2.75) is 51.4 Å². The van der Waals surface area contributed by atoms with Crippen LogP contribution in [0.25, 0.3) is 0 Å². The van der Waals surface area contributed by atoms with Gasteiger partial charge in [0.05, 0.1) is 13.2 Å². The summed E-state index contributed by atoms with van der Waals surface area (Å²) in [7, 11) is 1.33. The predicted octanol–water partition coefficient (Wildman–Crippen LogP) is 1.23. The highest BCUT2D eigenvalue weighted by atomic mass is 16.6. The van der Waals surface area contributed by atoms with Crippen LogP contribution in [-0.4, -0.2) is 43.5 Å². The average Bonchev–Trinajstić information content (AvgIpc) is 2.71. The van der Waals surface area contributed by atoms with Crippen LogP contribution in [0, 0.1) is 0 Å². The molecule has 6 nitrogen and oxygen atoms in total. The molecule has 18 heavy (non-hydrogen) atoms. The number of hydrogen-bond acceptors (Lipinski definition) is 5. The second-order valence-corrected chi connectivity index (χ2v) is 5.23. The summed E-state index contributed by atoms with van der Waals surface area (Å²) in [6.07, 6.45) is 0.179. The number of carbonyl (C=O) groups is 2. The van der Waals surface area contributed by atoms with Crippen LogP contribution in [0.4, 0.5) is 4.79 Å². The number of alkyl carbamates (subject to hydrolysis) is 1. The molecular weight excluding hydrogens is 238 g/mol. The van der Waals surface area contributed by atoms with E-state index in [4.69, 9.17) is 9.47 Å². The van der Waals surface area contributed by atoms with Crippen LogP contribution >= 0.6 is 0 Å². The Morgan fingerprint density at radius 2 is 2.00 bits per heavy atom. The van der Waals surface area contributed by atoms with Gasteiger partial charge >= 0.3 is 12.1 Å². The van der Waals surface area contributed by atoms with Crippen molar-refractivity contribution in [3.63, 3.8) is 0 Å². The maximum atomic E-state index is 11.4. The molecular formula is C12H21NO5. The van der Waals surface area contributed by atoms with Gasteiger partial charge in [0.1, 0.15) is 5.60 Å². The molecule has 1 saturated heterocycles. The number of amides is 1. The van der Waals surface area contributed by atoms with E-state index in [1.165, 1.54) is 7.11 Å². The fraction of sp³-hybridized carbons (Fsp3) is 0.833. The van der Waals surface area contributed by atoms with Gasteiger partial charge in [-0.2, -0.15) is 0 Å². The quantitative estimate of drug-likeness (QED) is 0.772. The highest BCUT2D eigenvalue weighted by molar-refractivity contribution is 5.74. The summed E-state index contributed by atoms with van der Waals surface area (Å²) in [5.41, 5.74) is -0.519. The summed E-state index contributed by atoms with van der Waals surface area (Å²) in [6, 6.07) is 0. The summed E-state index contributed by atoms with van der Waals surface area (Å²) < 4.78 is 15.1. The van der Waals surface area contributed by atoms with Gasteiger partial charge in [0, 0.05) is 6.54 Å². The van der Waals surface area contributed by atoms with E-state index in [1.807, 2.05) is 0 Å². The first-order valence-corrected chi connectivity index (χ1v) is 6.02. The lowest BCUT2D eigenvalue weighted by atomic mass is 10.2. The molecule has 0 unspecified atom stereocenters. The third-order valence-corrected chi connectivity index (χ3v) is 2.44. The van der Waals surface area contributed by atoms with Crippen LogP contribution in [0.15, 0.2) is 0 Å². The van der Waals surface area contributed by atoms with Crippen LogP contribution in [0.5, 0.6) is 0 Å². The zero-order valence-electron chi connectivity index (χ0n) is 11.3. The molecule has 1 fully saturated rings. The average molecular weight is 259 g/mol. The lowest BCUT2D eigenvalue weighted by Crippen LogP contribution is -2.37. The molecule has 0 aromatic rings. The van der Waals surface area contributed by atoms with Crippen LogP contribution in [0.2, 0.25) is 0 Å². The molecule has 1 aliphatic heterocycles. The van der Waals surface area contributed by atoms with Gasteiger partial charge in [-0.1, -0.05) is 0 Å². The molecule has 104 valence electrons. The molecule has 1 rings (SSSR count). The van der Waals surface area contributed by atoms with E-state index >= 15 is 0 Å². The van der Waals surface area contributed by atoms with Gasteiger partial charge in [0.25, 0.3) is 0 Å². The number of carbonyl (C=O) groups excluding carboxylic acids is 2. The van der Waals surface area contributed by atoms with Gasteiger partial charge in [0.15, 0.2) is 6.10 Å². The number of esters is 1. The Morgan fingerprint density at radius 3 is 2.56 bits per heavy atom. The minimum atomic E-state index is -0.519. The van der Waals surface area contributed by atoms with E-state index in [1.54, 1.807) is 20.8 Å².